The third-order valence-electron chi connectivity index (χ3n) is 16.1. The minimum absolute atomic E-state index is 0.0979. The van der Waals surface area contributed by atoms with Crippen molar-refractivity contribution < 1.29 is 4.42 Å². The van der Waals surface area contributed by atoms with E-state index in [0.717, 1.165) is 38.7 Å². The van der Waals surface area contributed by atoms with Crippen molar-refractivity contribution >= 4 is 76.3 Å². The largest absolute Gasteiger partial charge is 0.456 e. The van der Waals surface area contributed by atoms with Gasteiger partial charge in [-0.2, -0.15) is 0 Å². The van der Waals surface area contributed by atoms with Gasteiger partial charge >= 0.3 is 0 Å². The molecule has 2 aliphatic rings. The maximum Gasteiger partial charge on any atom is 0.137 e. The second-order valence-corrected chi connectivity index (χ2v) is 20.0. The van der Waals surface area contributed by atoms with Crippen LogP contribution in [0.1, 0.15) is 25.0 Å². The Kier molecular flexibility index (Phi) is 7.41. The number of hydrogen-bond donors (Lipinski definition) is 0. The number of nitrogens with zero attached hydrogens (tertiary/aromatic N) is 2. The Labute approximate surface area is 403 Å². The lowest BCUT2D eigenvalue weighted by Crippen LogP contribution is -2.14. The molecule has 0 amide bonds. The Hall–Kier alpha value is -8.92. The van der Waals surface area contributed by atoms with E-state index in [-0.39, 0.29) is 5.41 Å². The van der Waals surface area contributed by atoms with E-state index >= 15 is 0 Å². The van der Waals surface area contributed by atoms with Gasteiger partial charge < -0.3 is 13.6 Å². The molecule has 326 valence electrons. The van der Waals surface area contributed by atoms with Gasteiger partial charge in [0.25, 0.3) is 0 Å². The molecule has 0 N–H and O–H groups in total. The maximum absolute atomic E-state index is 6.56. The van der Waals surface area contributed by atoms with Crippen LogP contribution in [-0.4, -0.2) is 9.13 Å². The molecule has 2 aliphatic carbocycles. The Morgan fingerprint density at radius 1 is 0.300 bits per heavy atom. The SMILES string of the molecule is CC1(C)c2ccccc2-c2cc3c4cc(-c5ccc6c(c5)c5cc7c(cc5n6-c5ccc(-c6ccc8c9c(cccc69)-c6ccccc6-8)cc5)oc5ccccc57)ccc4n(-c4ccccc4)c3cc21. The summed E-state index contributed by atoms with van der Waals surface area (Å²) in [6.07, 6.45) is 0. The standard InChI is InChI=1S/C67H42N2O/c1-67(2)58-21-10-8-17-47(58)52-35-55-53-33-40(25-31-60(53)68(62(55)37-59(52)67)42-13-4-3-5-14-42)41-26-32-61-54(34-41)56-36-57-48-18-9-11-22-64(48)70-65(57)38-63(56)69(61)43-27-23-39(24-28-43)44-29-30-51-46-16-7-6-15-45(46)50-20-12-19-49(44)66(50)51/h3-38H,1-2H3. The van der Waals surface area contributed by atoms with Crippen molar-refractivity contribution in [3.8, 4) is 67.0 Å². The molecule has 0 spiro atoms. The molecule has 0 radical (unpaired) electrons. The van der Waals surface area contributed by atoms with Crippen molar-refractivity contribution in [1.29, 1.82) is 0 Å². The average Bonchev–Trinajstić information content (AvgIpc) is 4.18. The van der Waals surface area contributed by atoms with Crippen molar-refractivity contribution in [2.24, 2.45) is 0 Å². The number of hydrogen-bond acceptors (Lipinski definition) is 1. The van der Waals surface area contributed by atoms with E-state index in [2.05, 4.69) is 241 Å². The first-order chi connectivity index (χ1) is 34.5. The molecule has 0 aliphatic heterocycles. The Balaban J connectivity index is 0.883. The molecule has 0 saturated heterocycles. The summed E-state index contributed by atoms with van der Waals surface area (Å²) in [4.78, 5) is 0. The molecule has 70 heavy (non-hydrogen) atoms. The van der Waals surface area contributed by atoms with E-state index in [1.54, 1.807) is 0 Å². The van der Waals surface area contributed by atoms with Crippen LogP contribution in [-0.2, 0) is 5.41 Å². The van der Waals surface area contributed by atoms with Gasteiger partial charge in [0, 0.05) is 55.2 Å². The molecule has 0 atom stereocenters. The lowest BCUT2D eigenvalue weighted by atomic mass is 9.82. The third-order valence-corrected chi connectivity index (χ3v) is 16.1. The van der Waals surface area contributed by atoms with Crippen LogP contribution in [0.2, 0.25) is 0 Å². The fraction of sp³-hybridized carbons (Fsp3) is 0.0448. The van der Waals surface area contributed by atoms with Crippen LogP contribution in [0, 0.1) is 0 Å². The quantitative estimate of drug-likeness (QED) is 0.173. The molecule has 0 fully saturated rings. The van der Waals surface area contributed by atoms with Crippen LogP contribution in [0.25, 0.3) is 143 Å². The first kappa shape index (κ1) is 38.1. The van der Waals surface area contributed by atoms with Crippen molar-refractivity contribution in [1.82, 2.24) is 9.13 Å². The molecule has 0 saturated carbocycles. The van der Waals surface area contributed by atoms with Gasteiger partial charge in [-0.3, -0.25) is 0 Å². The molecule has 11 aromatic carbocycles. The summed E-state index contributed by atoms with van der Waals surface area (Å²) in [5, 5.41) is 9.82. The van der Waals surface area contributed by atoms with Gasteiger partial charge in [-0.15, -0.1) is 0 Å². The topological polar surface area (TPSA) is 23.0 Å². The highest BCUT2D eigenvalue weighted by molar-refractivity contribution is 6.20. The summed E-state index contributed by atoms with van der Waals surface area (Å²) >= 11 is 0. The second kappa shape index (κ2) is 13.6. The lowest BCUT2D eigenvalue weighted by Gasteiger charge is -2.21. The van der Waals surface area contributed by atoms with Crippen LogP contribution in [0.3, 0.4) is 0 Å². The first-order valence-corrected chi connectivity index (χ1v) is 24.4. The molecule has 0 bridgehead atoms. The van der Waals surface area contributed by atoms with Crippen LogP contribution >= 0.6 is 0 Å². The minimum Gasteiger partial charge on any atom is -0.456 e. The fourth-order valence-electron chi connectivity index (χ4n) is 12.8. The van der Waals surface area contributed by atoms with Crippen molar-refractivity contribution in [3.63, 3.8) is 0 Å². The molecular formula is C67H42N2O. The van der Waals surface area contributed by atoms with E-state index in [4.69, 9.17) is 4.42 Å². The number of fused-ring (bicyclic) bond motifs is 15. The van der Waals surface area contributed by atoms with Crippen molar-refractivity contribution in [2.45, 2.75) is 19.3 Å². The number of furan rings is 1. The number of rotatable bonds is 4. The van der Waals surface area contributed by atoms with Gasteiger partial charge in [-0.1, -0.05) is 153 Å². The fourth-order valence-corrected chi connectivity index (χ4v) is 12.8. The van der Waals surface area contributed by atoms with Crippen molar-refractivity contribution in [2.75, 3.05) is 0 Å². The van der Waals surface area contributed by atoms with Crippen LogP contribution in [0.4, 0.5) is 0 Å². The smallest absolute Gasteiger partial charge is 0.137 e. The van der Waals surface area contributed by atoms with Gasteiger partial charge in [0.15, 0.2) is 0 Å². The van der Waals surface area contributed by atoms with E-state index < -0.39 is 0 Å². The lowest BCUT2D eigenvalue weighted by molar-refractivity contribution is 0.661. The molecular weight excluding hydrogens is 849 g/mol. The van der Waals surface area contributed by atoms with Crippen LogP contribution in [0.15, 0.2) is 223 Å². The highest BCUT2D eigenvalue weighted by atomic mass is 16.3. The van der Waals surface area contributed by atoms with Gasteiger partial charge in [0.05, 0.1) is 22.1 Å². The van der Waals surface area contributed by atoms with Gasteiger partial charge in [0.1, 0.15) is 11.2 Å². The predicted molar refractivity (Wildman–Crippen MR) is 293 cm³/mol. The van der Waals surface area contributed by atoms with Gasteiger partial charge in [-0.25, -0.2) is 0 Å². The Morgan fingerprint density at radius 2 is 0.857 bits per heavy atom. The van der Waals surface area contributed by atoms with E-state index in [9.17, 15) is 0 Å². The van der Waals surface area contributed by atoms with E-state index in [0.29, 0.717) is 0 Å². The van der Waals surface area contributed by atoms with Crippen molar-refractivity contribution in [3.05, 3.63) is 230 Å². The molecule has 0 unspecified atom stereocenters. The molecule has 16 rings (SSSR count). The highest BCUT2D eigenvalue weighted by Gasteiger charge is 2.36. The Bertz CT molecular complexity index is 4570. The number of benzene rings is 11. The molecule has 3 aromatic heterocycles. The summed E-state index contributed by atoms with van der Waals surface area (Å²) in [5.74, 6) is 0. The van der Waals surface area contributed by atoms with Gasteiger partial charge in [-0.05, 0) is 150 Å². The number of aromatic nitrogens is 2. The number of para-hydroxylation sites is 2. The average molecular weight is 891 g/mol. The summed E-state index contributed by atoms with van der Waals surface area (Å²) in [5.41, 5.74) is 24.2. The third kappa shape index (κ3) is 5.03. The normalized spacial score (nSPS) is 13.4. The van der Waals surface area contributed by atoms with Crippen LogP contribution < -0.4 is 0 Å². The summed E-state index contributed by atoms with van der Waals surface area (Å²) in [6, 6.07) is 81.2. The molecule has 14 aromatic rings. The maximum atomic E-state index is 6.56. The molecule has 3 heterocycles. The van der Waals surface area contributed by atoms with Gasteiger partial charge in [0.2, 0.25) is 0 Å². The zero-order valence-electron chi connectivity index (χ0n) is 38.6. The predicted octanol–water partition coefficient (Wildman–Crippen LogP) is 18.2. The monoisotopic (exact) mass is 890 g/mol. The summed E-state index contributed by atoms with van der Waals surface area (Å²) < 4.78 is 11.4. The zero-order chi connectivity index (χ0) is 46.0. The molecule has 3 heteroatoms. The van der Waals surface area contributed by atoms with Crippen LogP contribution in [0.5, 0.6) is 0 Å². The minimum atomic E-state index is -0.0979. The Morgan fingerprint density at radius 3 is 1.61 bits per heavy atom. The highest BCUT2D eigenvalue weighted by Crippen LogP contribution is 2.52. The summed E-state index contributed by atoms with van der Waals surface area (Å²) in [6.45, 7) is 4.74. The van der Waals surface area contributed by atoms with E-state index in [1.807, 2.05) is 0 Å². The second-order valence-electron chi connectivity index (χ2n) is 20.0. The first-order valence-electron chi connectivity index (χ1n) is 24.4. The molecule has 3 nitrogen and oxygen atoms in total. The zero-order valence-corrected chi connectivity index (χ0v) is 38.6. The van der Waals surface area contributed by atoms with E-state index in [1.165, 1.54) is 116 Å². The summed E-state index contributed by atoms with van der Waals surface area (Å²) in [7, 11) is 0.